The van der Waals surface area contributed by atoms with Crippen LogP contribution in [-0.4, -0.2) is 18.2 Å². The van der Waals surface area contributed by atoms with Crippen molar-refractivity contribution in [3.05, 3.63) is 42.5 Å². The van der Waals surface area contributed by atoms with E-state index in [4.69, 9.17) is 13.9 Å². The van der Waals surface area contributed by atoms with Crippen molar-refractivity contribution in [2.75, 3.05) is 13.2 Å². The predicted octanol–water partition coefficient (Wildman–Crippen LogP) is 2.78. The van der Waals surface area contributed by atoms with Gasteiger partial charge in [-0.25, -0.2) is 4.98 Å². The van der Waals surface area contributed by atoms with Crippen LogP contribution in [0.4, 0.5) is 0 Å². The minimum atomic E-state index is -0.337. The number of pyridine rings is 1. The highest BCUT2D eigenvalue weighted by atomic mass is 16.7. The van der Waals surface area contributed by atoms with Gasteiger partial charge in [0.25, 0.3) is 0 Å². The molecule has 0 amide bonds. The summed E-state index contributed by atoms with van der Waals surface area (Å²) in [6.07, 6.45) is 3.92. The van der Waals surface area contributed by atoms with Crippen LogP contribution in [0, 0.1) is 0 Å². The molecular formula is C13H13NO3. The summed E-state index contributed by atoms with van der Waals surface area (Å²) in [7, 11) is 0. The summed E-state index contributed by atoms with van der Waals surface area (Å²) in [5, 5.41) is 0. The molecule has 2 aromatic heterocycles. The van der Waals surface area contributed by atoms with E-state index in [9.17, 15) is 0 Å². The zero-order valence-corrected chi connectivity index (χ0v) is 9.33. The highest BCUT2D eigenvalue weighted by Crippen LogP contribution is 2.24. The molecule has 1 aliphatic rings. The number of furan rings is 1. The van der Waals surface area contributed by atoms with E-state index in [0.717, 1.165) is 36.6 Å². The molecule has 4 nitrogen and oxygen atoms in total. The van der Waals surface area contributed by atoms with E-state index >= 15 is 0 Å². The molecule has 3 rings (SSSR count). The van der Waals surface area contributed by atoms with Gasteiger partial charge in [-0.05, 0) is 24.6 Å². The van der Waals surface area contributed by atoms with Crippen molar-refractivity contribution in [3.8, 4) is 11.3 Å². The maximum absolute atomic E-state index is 5.53. The molecule has 0 aliphatic carbocycles. The van der Waals surface area contributed by atoms with Gasteiger partial charge in [0.2, 0.25) is 6.29 Å². The SMILES string of the molecule is c1cc(-c2ccoc2)nc(C2OCCCO2)c1. The molecule has 17 heavy (non-hydrogen) atoms. The molecule has 1 fully saturated rings. The molecule has 2 aromatic rings. The Bertz CT molecular complexity index is 475. The van der Waals surface area contributed by atoms with E-state index in [1.807, 2.05) is 24.3 Å². The standard InChI is InChI=1S/C13H13NO3/c1-3-11(10-5-8-15-9-10)14-12(4-1)13-16-6-2-7-17-13/h1,3-5,8-9,13H,2,6-7H2. The Morgan fingerprint density at radius 2 is 2.00 bits per heavy atom. The van der Waals surface area contributed by atoms with Gasteiger partial charge in [0.05, 0.1) is 37.1 Å². The number of nitrogens with zero attached hydrogens (tertiary/aromatic N) is 1. The lowest BCUT2D eigenvalue weighted by Crippen LogP contribution is -2.18. The topological polar surface area (TPSA) is 44.5 Å². The normalized spacial score (nSPS) is 17.2. The molecule has 0 bridgehead atoms. The Hall–Kier alpha value is -1.65. The maximum atomic E-state index is 5.53. The van der Waals surface area contributed by atoms with Gasteiger partial charge >= 0.3 is 0 Å². The van der Waals surface area contributed by atoms with Crippen LogP contribution in [0.25, 0.3) is 11.3 Å². The van der Waals surface area contributed by atoms with Crippen LogP contribution in [-0.2, 0) is 9.47 Å². The van der Waals surface area contributed by atoms with E-state index in [-0.39, 0.29) is 6.29 Å². The molecular weight excluding hydrogens is 218 g/mol. The number of aromatic nitrogens is 1. The van der Waals surface area contributed by atoms with Crippen molar-refractivity contribution in [1.29, 1.82) is 0 Å². The minimum absolute atomic E-state index is 0.337. The monoisotopic (exact) mass is 231 g/mol. The lowest BCUT2D eigenvalue weighted by Gasteiger charge is -2.22. The van der Waals surface area contributed by atoms with Crippen LogP contribution >= 0.6 is 0 Å². The first-order valence-corrected chi connectivity index (χ1v) is 5.66. The van der Waals surface area contributed by atoms with Crippen LogP contribution in [0.1, 0.15) is 18.4 Å². The Morgan fingerprint density at radius 3 is 2.76 bits per heavy atom. The molecule has 0 spiro atoms. The lowest BCUT2D eigenvalue weighted by atomic mass is 10.2. The van der Waals surface area contributed by atoms with Gasteiger partial charge < -0.3 is 13.9 Å². The van der Waals surface area contributed by atoms with Crippen molar-refractivity contribution in [2.24, 2.45) is 0 Å². The van der Waals surface area contributed by atoms with E-state index in [2.05, 4.69) is 4.98 Å². The fraction of sp³-hybridized carbons (Fsp3) is 0.308. The summed E-state index contributed by atoms with van der Waals surface area (Å²) in [5.74, 6) is 0. The molecule has 88 valence electrons. The third-order valence-corrected chi connectivity index (χ3v) is 2.66. The first-order chi connectivity index (χ1) is 8.43. The highest BCUT2D eigenvalue weighted by Gasteiger charge is 2.18. The first kappa shape index (κ1) is 10.5. The average Bonchev–Trinajstić information content (AvgIpc) is 2.94. The Labute approximate surface area is 99.2 Å². The smallest absolute Gasteiger partial charge is 0.201 e. The molecule has 1 aliphatic heterocycles. The maximum Gasteiger partial charge on any atom is 0.201 e. The van der Waals surface area contributed by atoms with E-state index in [1.54, 1.807) is 12.5 Å². The van der Waals surface area contributed by atoms with Gasteiger partial charge in [-0.3, -0.25) is 0 Å². The first-order valence-electron chi connectivity index (χ1n) is 5.66. The van der Waals surface area contributed by atoms with Crippen molar-refractivity contribution in [1.82, 2.24) is 4.98 Å². The van der Waals surface area contributed by atoms with Gasteiger partial charge in [-0.2, -0.15) is 0 Å². The summed E-state index contributed by atoms with van der Waals surface area (Å²) in [4.78, 5) is 4.53. The summed E-state index contributed by atoms with van der Waals surface area (Å²) >= 11 is 0. The van der Waals surface area contributed by atoms with Gasteiger partial charge in [-0.15, -0.1) is 0 Å². The molecule has 0 radical (unpaired) electrons. The second kappa shape index (κ2) is 4.69. The minimum Gasteiger partial charge on any atom is -0.472 e. The van der Waals surface area contributed by atoms with Crippen LogP contribution in [0.2, 0.25) is 0 Å². The van der Waals surface area contributed by atoms with Gasteiger partial charge in [-0.1, -0.05) is 6.07 Å². The summed E-state index contributed by atoms with van der Waals surface area (Å²) < 4.78 is 16.1. The predicted molar refractivity (Wildman–Crippen MR) is 61.2 cm³/mol. The Kier molecular flexibility index (Phi) is 2.90. The molecule has 3 heterocycles. The zero-order valence-electron chi connectivity index (χ0n) is 9.33. The fourth-order valence-electron chi connectivity index (χ4n) is 1.81. The highest BCUT2D eigenvalue weighted by molar-refractivity contribution is 5.57. The average molecular weight is 231 g/mol. The molecule has 0 N–H and O–H groups in total. The molecule has 1 saturated heterocycles. The number of hydrogen-bond donors (Lipinski definition) is 0. The summed E-state index contributed by atoms with van der Waals surface area (Å²) in [6.45, 7) is 1.45. The second-order valence-electron chi connectivity index (χ2n) is 3.89. The van der Waals surface area contributed by atoms with Crippen LogP contribution in [0.15, 0.2) is 41.2 Å². The van der Waals surface area contributed by atoms with Gasteiger partial charge in [0, 0.05) is 5.56 Å². The van der Waals surface area contributed by atoms with E-state index < -0.39 is 0 Å². The van der Waals surface area contributed by atoms with Crippen molar-refractivity contribution in [3.63, 3.8) is 0 Å². The summed E-state index contributed by atoms with van der Waals surface area (Å²) in [5.41, 5.74) is 2.64. The number of ether oxygens (including phenoxy) is 2. The van der Waals surface area contributed by atoms with Crippen LogP contribution in [0.3, 0.4) is 0 Å². The van der Waals surface area contributed by atoms with Gasteiger partial charge in [0.1, 0.15) is 0 Å². The second-order valence-corrected chi connectivity index (χ2v) is 3.89. The number of rotatable bonds is 2. The van der Waals surface area contributed by atoms with Crippen molar-refractivity contribution >= 4 is 0 Å². The molecule has 0 unspecified atom stereocenters. The Morgan fingerprint density at radius 1 is 1.12 bits per heavy atom. The van der Waals surface area contributed by atoms with Crippen molar-refractivity contribution in [2.45, 2.75) is 12.7 Å². The largest absolute Gasteiger partial charge is 0.472 e. The zero-order chi connectivity index (χ0) is 11.5. The van der Waals surface area contributed by atoms with E-state index in [0.29, 0.717) is 0 Å². The summed E-state index contributed by atoms with van der Waals surface area (Å²) in [6, 6.07) is 7.69. The van der Waals surface area contributed by atoms with E-state index in [1.165, 1.54) is 0 Å². The molecule has 0 aromatic carbocycles. The van der Waals surface area contributed by atoms with Crippen LogP contribution in [0.5, 0.6) is 0 Å². The molecule has 0 saturated carbocycles. The van der Waals surface area contributed by atoms with Crippen LogP contribution < -0.4 is 0 Å². The quantitative estimate of drug-likeness (QED) is 0.797. The molecule has 0 atom stereocenters. The lowest BCUT2D eigenvalue weighted by molar-refractivity contribution is -0.185. The fourth-order valence-corrected chi connectivity index (χ4v) is 1.81. The Balaban J connectivity index is 1.88. The third kappa shape index (κ3) is 2.23. The van der Waals surface area contributed by atoms with Gasteiger partial charge in [0.15, 0.2) is 0 Å². The third-order valence-electron chi connectivity index (χ3n) is 2.66. The molecule has 4 heteroatoms. The number of hydrogen-bond acceptors (Lipinski definition) is 4. The van der Waals surface area contributed by atoms with Crippen molar-refractivity contribution < 1.29 is 13.9 Å².